The number of rotatable bonds is 6. The molecule has 0 radical (unpaired) electrons. The van der Waals surface area contributed by atoms with Crippen LogP contribution < -0.4 is 10.2 Å². The highest BCUT2D eigenvalue weighted by atomic mass is 79.9. The van der Waals surface area contributed by atoms with Gasteiger partial charge in [-0.25, -0.2) is 4.68 Å². The van der Waals surface area contributed by atoms with Crippen molar-refractivity contribution in [3.63, 3.8) is 0 Å². The summed E-state index contributed by atoms with van der Waals surface area (Å²) in [6.45, 7) is 2.47. The number of aromatic nitrogens is 2. The van der Waals surface area contributed by atoms with Gasteiger partial charge in [0.1, 0.15) is 0 Å². The molecule has 1 atom stereocenters. The van der Waals surface area contributed by atoms with Crippen molar-refractivity contribution in [2.45, 2.75) is 6.42 Å². The molecule has 1 aliphatic rings. The van der Waals surface area contributed by atoms with E-state index in [9.17, 15) is 14.9 Å². The zero-order chi connectivity index (χ0) is 21.1. The predicted octanol–water partition coefficient (Wildman–Crippen LogP) is 3.80. The Labute approximate surface area is 181 Å². The van der Waals surface area contributed by atoms with Gasteiger partial charge in [0.25, 0.3) is 11.6 Å². The normalized spacial score (nSPS) is 15.9. The Bertz CT molecular complexity index is 1070. The zero-order valence-corrected chi connectivity index (χ0v) is 17.7. The molecule has 1 saturated heterocycles. The number of hydrogen-bond donors (Lipinski definition) is 1. The first-order chi connectivity index (χ1) is 14.5. The zero-order valence-electron chi connectivity index (χ0n) is 16.1. The molecule has 0 spiro atoms. The SMILES string of the molecule is O=C(NCC1CCN(c2cccc(Br)c2)C1)c1cnn(-c2ccc([N+](=O)[O-])cc2)c1. The van der Waals surface area contributed by atoms with Gasteiger partial charge < -0.3 is 10.2 Å². The van der Waals surface area contributed by atoms with Gasteiger partial charge in [-0.15, -0.1) is 0 Å². The number of nitro groups is 1. The fourth-order valence-electron chi connectivity index (χ4n) is 3.55. The minimum atomic E-state index is -0.452. The molecule has 0 aliphatic carbocycles. The largest absolute Gasteiger partial charge is 0.371 e. The monoisotopic (exact) mass is 469 g/mol. The van der Waals surface area contributed by atoms with Crippen LogP contribution in [0, 0.1) is 16.0 Å². The number of benzene rings is 2. The van der Waals surface area contributed by atoms with E-state index in [0.717, 1.165) is 24.0 Å². The van der Waals surface area contributed by atoms with Gasteiger partial charge in [-0.2, -0.15) is 5.10 Å². The van der Waals surface area contributed by atoms with Gasteiger partial charge >= 0.3 is 0 Å². The third kappa shape index (κ3) is 4.51. The van der Waals surface area contributed by atoms with Crippen LogP contribution in [-0.2, 0) is 0 Å². The molecule has 1 N–H and O–H groups in total. The van der Waals surface area contributed by atoms with Crippen molar-refractivity contribution in [2.75, 3.05) is 24.5 Å². The summed E-state index contributed by atoms with van der Waals surface area (Å²) >= 11 is 3.51. The first-order valence-corrected chi connectivity index (χ1v) is 10.4. The second kappa shape index (κ2) is 8.66. The quantitative estimate of drug-likeness (QED) is 0.437. The minimum absolute atomic E-state index is 0.0114. The standard InChI is InChI=1S/C21H20BrN5O3/c22-17-2-1-3-20(10-17)25-9-8-15(13-25)11-23-21(28)16-12-24-26(14-16)18-4-6-19(7-5-18)27(29)30/h1-7,10,12,14-15H,8-9,11,13H2,(H,23,28). The van der Waals surface area contributed by atoms with Gasteiger partial charge in [0.15, 0.2) is 0 Å². The van der Waals surface area contributed by atoms with E-state index in [1.165, 1.54) is 28.7 Å². The molecule has 9 heteroatoms. The highest BCUT2D eigenvalue weighted by Crippen LogP contribution is 2.26. The van der Waals surface area contributed by atoms with Crippen LogP contribution in [0.1, 0.15) is 16.8 Å². The molecule has 2 aromatic carbocycles. The smallest absolute Gasteiger partial charge is 0.269 e. The molecule has 1 fully saturated rings. The van der Waals surface area contributed by atoms with Gasteiger partial charge in [0, 0.05) is 48.1 Å². The number of nitrogens with one attached hydrogen (secondary N) is 1. The van der Waals surface area contributed by atoms with Crippen LogP contribution in [-0.4, -0.2) is 40.2 Å². The molecule has 1 aromatic heterocycles. The van der Waals surface area contributed by atoms with E-state index in [0.29, 0.717) is 23.7 Å². The number of carbonyl (C=O) groups is 1. The second-order valence-electron chi connectivity index (χ2n) is 7.24. The van der Waals surface area contributed by atoms with Gasteiger partial charge in [-0.3, -0.25) is 14.9 Å². The molecule has 1 unspecified atom stereocenters. The molecular weight excluding hydrogens is 450 g/mol. The van der Waals surface area contributed by atoms with Gasteiger partial charge in [-0.05, 0) is 42.7 Å². The molecule has 4 rings (SSSR count). The summed E-state index contributed by atoms with van der Waals surface area (Å²) in [5.74, 6) is 0.210. The lowest BCUT2D eigenvalue weighted by Crippen LogP contribution is -2.30. The Balaban J connectivity index is 1.32. The maximum atomic E-state index is 12.5. The topological polar surface area (TPSA) is 93.3 Å². The lowest BCUT2D eigenvalue weighted by Gasteiger charge is -2.19. The molecule has 2 heterocycles. The molecule has 0 saturated carbocycles. The summed E-state index contributed by atoms with van der Waals surface area (Å²) in [6.07, 6.45) is 4.15. The molecule has 1 aliphatic heterocycles. The van der Waals surface area contributed by atoms with E-state index < -0.39 is 4.92 Å². The van der Waals surface area contributed by atoms with Crippen LogP contribution in [0.15, 0.2) is 65.4 Å². The molecule has 154 valence electrons. The van der Waals surface area contributed by atoms with E-state index in [1.54, 1.807) is 18.3 Å². The maximum absolute atomic E-state index is 12.5. The summed E-state index contributed by atoms with van der Waals surface area (Å²) in [5, 5.41) is 18.0. The van der Waals surface area contributed by atoms with Crippen molar-refractivity contribution in [2.24, 2.45) is 5.92 Å². The van der Waals surface area contributed by atoms with Crippen LogP contribution in [0.5, 0.6) is 0 Å². The predicted molar refractivity (Wildman–Crippen MR) is 117 cm³/mol. The average Bonchev–Trinajstić information content (AvgIpc) is 3.42. The first-order valence-electron chi connectivity index (χ1n) is 9.58. The van der Waals surface area contributed by atoms with E-state index in [1.807, 2.05) is 12.1 Å². The minimum Gasteiger partial charge on any atom is -0.371 e. The van der Waals surface area contributed by atoms with E-state index >= 15 is 0 Å². The van der Waals surface area contributed by atoms with Crippen LogP contribution in [0.2, 0.25) is 0 Å². The molecular formula is C21H20BrN5O3. The Morgan fingerprint density at radius 1 is 1.23 bits per heavy atom. The van der Waals surface area contributed by atoms with E-state index in [4.69, 9.17) is 0 Å². The third-order valence-electron chi connectivity index (χ3n) is 5.18. The Hall–Kier alpha value is -3.20. The Morgan fingerprint density at radius 3 is 2.77 bits per heavy atom. The van der Waals surface area contributed by atoms with Gasteiger partial charge in [0.05, 0.1) is 22.4 Å². The number of carbonyl (C=O) groups excluding carboxylic acids is 1. The maximum Gasteiger partial charge on any atom is 0.269 e. The van der Waals surface area contributed by atoms with Crippen LogP contribution in [0.3, 0.4) is 0 Å². The lowest BCUT2D eigenvalue weighted by molar-refractivity contribution is -0.384. The Kier molecular flexibility index (Phi) is 5.80. The Morgan fingerprint density at radius 2 is 2.03 bits per heavy atom. The van der Waals surface area contributed by atoms with Gasteiger partial charge in [0.2, 0.25) is 0 Å². The highest BCUT2D eigenvalue weighted by Gasteiger charge is 2.23. The average molecular weight is 470 g/mol. The van der Waals surface area contributed by atoms with Crippen LogP contribution in [0.25, 0.3) is 5.69 Å². The fraction of sp³-hybridized carbons (Fsp3) is 0.238. The summed E-state index contributed by atoms with van der Waals surface area (Å²) in [6, 6.07) is 14.3. The van der Waals surface area contributed by atoms with Gasteiger partial charge in [-0.1, -0.05) is 22.0 Å². The molecule has 1 amide bonds. The van der Waals surface area contributed by atoms with E-state index in [-0.39, 0.29) is 11.6 Å². The molecule has 0 bridgehead atoms. The van der Waals surface area contributed by atoms with E-state index in [2.05, 4.69) is 43.4 Å². The van der Waals surface area contributed by atoms with Crippen molar-refractivity contribution < 1.29 is 9.72 Å². The number of anilines is 1. The fourth-order valence-corrected chi connectivity index (χ4v) is 3.94. The molecule has 30 heavy (non-hydrogen) atoms. The number of halogens is 1. The van der Waals surface area contributed by atoms with Crippen LogP contribution >= 0.6 is 15.9 Å². The summed E-state index contributed by atoms with van der Waals surface area (Å²) in [4.78, 5) is 25.2. The number of amides is 1. The summed E-state index contributed by atoms with van der Waals surface area (Å²) < 4.78 is 2.59. The van der Waals surface area contributed by atoms with Crippen molar-refractivity contribution in [3.05, 3.63) is 81.1 Å². The first kappa shape index (κ1) is 20.1. The third-order valence-corrected chi connectivity index (χ3v) is 5.67. The molecule has 8 nitrogen and oxygen atoms in total. The molecule has 3 aromatic rings. The van der Waals surface area contributed by atoms with Crippen molar-refractivity contribution in [1.82, 2.24) is 15.1 Å². The van der Waals surface area contributed by atoms with Crippen LogP contribution in [0.4, 0.5) is 11.4 Å². The highest BCUT2D eigenvalue weighted by molar-refractivity contribution is 9.10. The summed E-state index contributed by atoms with van der Waals surface area (Å²) in [7, 11) is 0. The number of nitrogens with zero attached hydrogens (tertiary/aromatic N) is 4. The summed E-state index contributed by atoms with van der Waals surface area (Å²) in [5.41, 5.74) is 2.30. The van der Waals surface area contributed by atoms with Crippen molar-refractivity contribution >= 4 is 33.2 Å². The lowest BCUT2D eigenvalue weighted by atomic mass is 10.1. The number of hydrogen-bond acceptors (Lipinski definition) is 5. The number of nitro benzene ring substituents is 1. The second-order valence-corrected chi connectivity index (χ2v) is 8.15. The van der Waals surface area contributed by atoms with Crippen molar-refractivity contribution in [1.29, 1.82) is 0 Å². The van der Waals surface area contributed by atoms with Crippen molar-refractivity contribution in [3.8, 4) is 5.69 Å². The number of non-ortho nitro benzene ring substituents is 1.